The summed E-state index contributed by atoms with van der Waals surface area (Å²) in [6.07, 6.45) is 0.0647. The van der Waals surface area contributed by atoms with Gasteiger partial charge < -0.3 is 5.32 Å². The molecule has 4 heteroatoms. The summed E-state index contributed by atoms with van der Waals surface area (Å²) in [5.74, 6) is -2.93. The Morgan fingerprint density at radius 1 is 1.73 bits per heavy atom. The molecule has 0 unspecified atom stereocenters. The van der Waals surface area contributed by atoms with Crippen molar-refractivity contribution in [2.45, 2.75) is 25.7 Å². The Balaban J connectivity index is 2.34. The van der Waals surface area contributed by atoms with Crippen molar-refractivity contribution in [1.29, 1.82) is 0 Å². The standard InChI is InChI=1S/C7H11F2NO/c1-7(8,9)3-5-2-6(11)10-4-5/h5H,2-4H2,1H3,(H,10,11)/t5-/m0/s1. The molecule has 0 spiro atoms. The minimum atomic E-state index is -2.64. The molecule has 0 aliphatic carbocycles. The number of nitrogens with one attached hydrogen (secondary N) is 1. The number of amides is 1. The van der Waals surface area contributed by atoms with Gasteiger partial charge in [0, 0.05) is 19.4 Å². The van der Waals surface area contributed by atoms with Crippen molar-refractivity contribution in [2.75, 3.05) is 6.54 Å². The predicted octanol–water partition coefficient (Wildman–Crippen LogP) is 1.17. The van der Waals surface area contributed by atoms with Crippen molar-refractivity contribution in [3.05, 3.63) is 0 Å². The third kappa shape index (κ3) is 2.82. The molecule has 1 rings (SSSR count). The highest BCUT2D eigenvalue weighted by Crippen LogP contribution is 2.26. The van der Waals surface area contributed by atoms with Crippen LogP contribution in [0, 0.1) is 5.92 Å². The SMILES string of the molecule is CC(F)(F)C[C@H]1CNC(=O)C1. The first-order chi connectivity index (χ1) is 4.97. The van der Waals surface area contributed by atoms with Crippen LogP contribution in [0.4, 0.5) is 8.78 Å². The molecule has 11 heavy (non-hydrogen) atoms. The van der Waals surface area contributed by atoms with E-state index in [4.69, 9.17) is 0 Å². The largest absolute Gasteiger partial charge is 0.356 e. The van der Waals surface area contributed by atoms with E-state index in [1.165, 1.54) is 0 Å². The minimum Gasteiger partial charge on any atom is -0.356 e. The van der Waals surface area contributed by atoms with Crippen LogP contribution in [0.1, 0.15) is 19.8 Å². The third-order valence-corrected chi connectivity index (χ3v) is 1.71. The molecule has 1 amide bonds. The predicted molar refractivity (Wildman–Crippen MR) is 36.4 cm³/mol. The van der Waals surface area contributed by atoms with Crippen LogP contribution in [-0.4, -0.2) is 18.4 Å². The zero-order valence-electron chi connectivity index (χ0n) is 6.36. The molecule has 1 saturated heterocycles. The molecule has 0 saturated carbocycles. The Kier molecular flexibility index (Phi) is 2.11. The van der Waals surface area contributed by atoms with Gasteiger partial charge in [0.25, 0.3) is 0 Å². The maximum Gasteiger partial charge on any atom is 0.245 e. The van der Waals surface area contributed by atoms with E-state index in [1.807, 2.05) is 0 Å². The number of alkyl halides is 2. The normalized spacial score (nSPS) is 25.4. The molecule has 0 aromatic rings. The van der Waals surface area contributed by atoms with Crippen LogP contribution in [0.15, 0.2) is 0 Å². The zero-order valence-corrected chi connectivity index (χ0v) is 6.36. The molecule has 1 N–H and O–H groups in total. The lowest BCUT2D eigenvalue weighted by Gasteiger charge is -2.13. The monoisotopic (exact) mass is 163 g/mol. The molecule has 0 aromatic carbocycles. The van der Waals surface area contributed by atoms with E-state index in [9.17, 15) is 13.6 Å². The van der Waals surface area contributed by atoms with Crippen molar-refractivity contribution in [3.63, 3.8) is 0 Å². The summed E-state index contributed by atoms with van der Waals surface area (Å²) in [7, 11) is 0. The molecule has 2 nitrogen and oxygen atoms in total. The topological polar surface area (TPSA) is 29.1 Å². The van der Waals surface area contributed by atoms with Gasteiger partial charge in [0.1, 0.15) is 0 Å². The van der Waals surface area contributed by atoms with Gasteiger partial charge in [0.2, 0.25) is 11.8 Å². The van der Waals surface area contributed by atoms with E-state index in [0.717, 1.165) is 6.92 Å². The van der Waals surface area contributed by atoms with E-state index >= 15 is 0 Å². The lowest BCUT2D eigenvalue weighted by atomic mass is 10.0. The second-order valence-corrected chi connectivity index (χ2v) is 3.15. The van der Waals surface area contributed by atoms with E-state index in [0.29, 0.717) is 6.54 Å². The summed E-state index contributed by atoms with van der Waals surface area (Å²) in [6.45, 7) is 1.29. The van der Waals surface area contributed by atoms with Crippen LogP contribution in [0.2, 0.25) is 0 Å². The molecular weight excluding hydrogens is 152 g/mol. The maximum absolute atomic E-state index is 12.4. The zero-order chi connectivity index (χ0) is 8.48. The molecule has 0 aromatic heterocycles. The molecule has 1 aliphatic rings. The lowest BCUT2D eigenvalue weighted by Crippen LogP contribution is -2.18. The Bertz CT molecular complexity index is 164. The average Bonchev–Trinajstić information content (AvgIpc) is 2.10. The fourth-order valence-corrected chi connectivity index (χ4v) is 1.32. The summed E-state index contributed by atoms with van der Waals surface area (Å²) in [6, 6.07) is 0. The van der Waals surface area contributed by atoms with E-state index in [2.05, 4.69) is 5.32 Å². The summed E-state index contributed by atoms with van der Waals surface area (Å²) in [5, 5.41) is 2.52. The molecule has 1 heterocycles. The van der Waals surface area contributed by atoms with Gasteiger partial charge in [-0.1, -0.05) is 0 Å². The Morgan fingerprint density at radius 2 is 2.36 bits per heavy atom. The summed E-state index contributed by atoms with van der Waals surface area (Å²) >= 11 is 0. The van der Waals surface area contributed by atoms with Crippen LogP contribution in [0.3, 0.4) is 0 Å². The number of hydrogen-bond donors (Lipinski definition) is 1. The summed E-state index contributed by atoms with van der Waals surface area (Å²) < 4.78 is 24.7. The lowest BCUT2D eigenvalue weighted by molar-refractivity contribution is -0.119. The quantitative estimate of drug-likeness (QED) is 0.650. The first kappa shape index (κ1) is 8.43. The second kappa shape index (κ2) is 2.75. The van der Waals surface area contributed by atoms with E-state index in [-0.39, 0.29) is 24.7 Å². The molecule has 0 bridgehead atoms. The van der Waals surface area contributed by atoms with Crippen LogP contribution < -0.4 is 5.32 Å². The molecule has 1 fully saturated rings. The third-order valence-electron chi connectivity index (χ3n) is 1.71. The van der Waals surface area contributed by atoms with Crippen molar-refractivity contribution in [1.82, 2.24) is 5.32 Å². The number of carbonyl (C=O) groups excluding carboxylic acids is 1. The summed E-state index contributed by atoms with van der Waals surface area (Å²) in [4.78, 5) is 10.6. The number of rotatable bonds is 2. The molecule has 1 aliphatic heterocycles. The highest BCUT2D eigenvalue weighted by molar-refractivity contribution is 5.78. The van der Waals surface area contributed by atoms with Gasteiger partial charge in [-0.15, -0.1) is 0 Å². The fourth-order valence-electron chi connectivity index (χ4n) is 1.32. The van der Waals surface area contributed by atoms with E-state index < -0.39 is 5.92 Å². The van der Waals surface area contributed by atoms with Gasteiger partial charge in [-0.2, -0.15) is 0 Å². The molecular formula is C7H11F2NO. The van der Waals surface area contributed by atoms with Gasteiger partial charge >= 0.3 is 0 Å². The Labute approximate surface area is 64.0 Å². The van der Waals surface area contributed by atoms with Gasteiger partial charge in [-0.05, 0) is 12.8 Å². The molecule has 1 atom stereocenters. The van der Waals surface area contributed by atoms with Gasteiger partial charge in [-0.25, -0.2) is 8.78 Å². The first-order valence-corrected chi connectivity index (χ1v) is 3.62. The number of hydrogen-bond acceptors (Lipinski definition) is 1. The van der Waals surface area contributed by atoms with Crippen molar-refractivity contribution in [3.8, 4) is 0 Å². The Hall–Kier alpha value is -0.670. The highest BCUT2D eigenvalue weighted by atomic mass is 19.3. The average molecular weight is 163 g/mol. The van der Waals surface area contributed by atoms with Gasteiger partial charge in [-0.3, -0.25) is 4.79 Å². The van der Waals surface area contributed by atoms with Gasteiger partial charge in [0.05, 0.1) is 0 Å². The second-order valence-electron chi connectivity index (χ2n) is 3.15. The van der Waals surface area contributed by atoms with Crippen LogP contribution in [0.25, 0.3) is 0 Å². The van der Waals surface area contributed by atoms with Crippen LogP contribution in [-0.2, 0) is 4.79 Å². The first-order valence-electron chi connectivity index (χ1n) is 3.62. The highest BCUT2D eigenvalue weighted by Gasteiger charge is 2.31. The van der Waals surface area contributed by atoms with Crippen molar-refractivity contribution in [2.24, 2.45) is 5.92 Å². The van der Waals surface area contributed by atoms with Crippen LogP contribution >= 0.6 is 0 Å². The van der Waals surface area contributed by atoms with E-state index in [1.54, 1.807) is 0 Å². The van der Waals surface area contributed by atoms with Gasteiger partial charge in [0.15, 0.2) is 0 Å². The number of carbonyl (C=O) groups is 1. The molecule has 0 radical (unpaired) electrons. The molecule has 64 valence electrons. The number of halogens is 2. The maximum atomic E-state index is 12.4. The van der Waals surface area contributed by atoms with Crippen molar-refractivity contribution < 1.29 is 13.6 Å². The smallest absolute Gasteiger partial charge is 0.245 e. The minimum absolute atomic E-state index is 0.112. The summed E-state index contributed by atoms with van der Waals surface area (Å²) in [5.41, 5.74) is 0. The fraction of sp³-hybridized carbons (Fsp3) is 0.857. The van der Waals surface area contributed by atoms with Crippen molar-refractivity contribution >= 4 is 5.91 Å². The van der Waals surface area contributed by atoms with Crippen LogP contribution in [0.5, 0.6) is 0 Å². The Morgan fingerprint density at radius 3 is 2.73 bits per heavy atom.